The average Bonchev–Trinajstić information content (AvgIpc) is 2.38. The molecule has 1 aromatic carbocycles. The number of nitrogen functional groups attached to an aromatic ring is 1. The Balaban J connectivity index is 3.09. The zero-order valence-electron chi connectivity index (χ0n) is 12.9. The van der Waals surface area contributed by atoms with E-state index in [-0.39, 0.29) is 11.4 Å². The van der Waals surface area contributed by atoms with Gasteiger partial charge >= 0.3 is 0 Å². The summed E-state index contributed by atoms with van der Waals surface area (Å²) in [5.74, 6) is 0.746. The summed E-state index contributed by atoms with van der Waals surface area (Å²) in [6.45, 7) is 6.06. The van der Waals surface area contributed by atoms with Gasteiger partial charge in [0.15, 0.2) is 0 Å². The molecule has 112 valence electrons. The van der Waals surface area contributed by atoms with E-state index < -0.39 is 0 Å². The predicted octanol–water partition coefficient (Wildman–Crippen LogP) is 2.59. The molecule has 0 aromatic heterocycles. The lowest BCUT2D eigenvalue weighted by Gasteiger charge is -2.26. The van der Waals surface area contributed by atoms with E-state index in [0.717, 1.165) is 12.8 Å². The molecule has 0 spiro atoms. The van der Waals surface area contributed by atoms with Crippen LogP contribution < -0.4 is 20.5 Å². The molecule has 1 rings (SSSR count). The Hall–Kier alpha value is -1.91. The van der Waals surface area contributed by atoms with Crippen molar-refractivity contribution in [2.24, 2.45) is 0 Å². The number of benzene rings is 1. The molecule has 0 aliphatic heterocycles. The van der Waals surface area contributed by atoms with Gasteiger partial charge in [-0.15, -0.1) is 0 Å². The van der Waals surface area contributed by atoms with E-state index in [2.05, 4.69) is 12.2 Å². The lowest BCUT2D eigenvalue weighted by Crippen LogP contribution is -2.43. The van der Waals surface area contributed by atoms with Gasteiger partial charge in [-0.25, -0.2) is 0 Å². The first-order chi connectivity index (χ1) is 9.34. The first-order valence-corrected chi connectivity index (χ1v) is 6.68. The Labute approximate surface area is 120 Å². The number of amides is 1. The SMILES string of the molecule is CCCC(C)(C)NC(=O)c1cc(OC)cc(OC)c1N. The second-order valence-electron chi connectivity index (χ2n) is 5.38. The third kappa shape index (κ3) is 3.79. The van der Waals surface area contributed by atoms with Gasteiger partial charge in [-0.2, -0.15) is 0 Å². The molecule has 3 N–H and O–H groups in total. The summed E-state index contributed by atoms with van der Waals surface area (Å²) >= 11 is 0. The van der Waals surface area contributed by atoms with E-state index in [1.165, 1.54) is 14.2 Å². The van der Waals surface area contributed by atoms with Crippen LogP contribution in [0.15, 0.2) is 12.1 Å². The van der Waals surface area contributed by atoms with Gasteiger partial charge in [-0.3, -0.25) is 4.79 Å². The van der Waals surface area contributed by atoms with Crippen LogP contribution in [-0.2, 0) is 0 Å². The van der Waals surface area contributed by atoms with Gasteiger partial charge in [-0.05, 0) is 26.3 Å². The molecular weight excluding hydrogens is 256 g/mol. The Morgan fingerprint density at radius 2 is 1.95 bits per heavy atom. The first kappa shape index (κ1) is 16.1. The van der Waals surface area contributed by atoms with Crippen molar-refractivity contribution in [2.75, 3.05) is 20.0 Å². The summed E-state index contributed by atoms with van der Waals surface area (Å²) in [5.41, 5.74) is 6.37. The molecule has 0 saturated carbocycles. The molecule has 0 aliphatic carbocycles. The summed E-state index contributed by atoms with van der Waals surface area (Å²) in [6.07, 6.45) is 1.88. The summed E-state index contributed by atoms with van der Waals surface area (Å²) < 4.78 is 10.3. The fourth-order valence-corrected chi connectivity index (χ4v) is 2.14. The van der Waals surface area contributed by atoms with Crippen LogP contribution in [0.4, 0.5) is 5.69 Å². The number of rotatable bonds is 6. The molecule has 0 radical (unpaired) electrons. The monoisotopic (exact) mass is 280 g/mol. The van der Waals surface area contributed by atoms with Crippen molar-refractivity contribution in [3.63, 3.8) is 0 Å². The van der Waals surface area contributed by atoms with Crippen molar-refractivity contribution < 1.29 is 14.3 Å². The minimum Gasteiger partial charge on any atom is -0.497 e. The average molecular weight is 280 g/mol. The molecular formula is C15H24N2O3. The Kier molecular flexibility index (Phi) is 5.25. The van der Waals surface area contributed by atoms with Crippen molar-refractivity contribution >= 4 is 11.6 Å². The minimum absolute atomic E-state index is 0.224. The van der Waals surface area contributed by atoms with E-state index in [0.29, 0.717) is 22.7 Å². The van der Waals surface area contributed by atoms with Crippen molar-refractivity contribution in [1.82, 2.24) is 5.32 Å². The maximum absolute atomic E-state index is 12.4. The van der Waals surface area contributed by atoms with Gasteiger partial charge < -0.3 is 20.5 Å². The molecule has 0 aliphatic rings. The maximum Gasteiger partial charge on any atom is 0.254 e. The van der Waals surface area contributed by atoms with E-state index in [4.69, 9.17) is 15.2 Å². The number of carbonyl (C=O) groups is 1. The Bertz CT molecular complexity index is 484. The third-order valence-electron chi connectivity index (χ3n) is 3.14. The molecule has 0 atom stereocenters. The van der Waals surface area contributed by atoms with Gasteiger partial charge in [0.1, 0.15) is 11.5 Å². The van der Waals surface area contributed by atoms with Crippen LogP contribution in [0, 0.1) is 0 Å². The van der Waals surface area contributed by atoms with Crippen molar-refractivity contribution in [3.05, 3.63) is 17.7 Å². The summed E-state index contributed by atoms with van der Waals surface area (Å²) in [4.78, 5) is 12.4. The number of carbonyl (C=O) groups excluding carboxylic acids is 1. The number of hydrogen-bond acceptors (Lipinski definition) is 4. The fourth-order valence-electron chi connectivity index (χ4n) is 2.14. The largest absolute Gasteiger partial charge is 0.497 e. The van der Waals surface area contributed by atoms with Crippen LogP contribution in [0.25, 0.3) is 0 Å². The number of nitrogens with one attached hydrogen (secondary N) is 1. The van der Waals surface area contributed by atoms with Gasteiger partial charge in [0.05, 0.1) is 25.5 Å². The van der Waals surface area contributed by atoms with Crippen LogP contribution in [-0.4, -0.2) is 25.7 Å². The maximum atomic E-state index is 12.4. The topological polar surface area (TPSA) is 73.6 Å². The van der Waals surface area contributed by atoms with Crippen LogP contribution >= 0.6 is 0 Å². The second kappa shape index (κ2) is 6.50. The highest BCUT2D eigenvalue weighted by atomic mass is 16.5. The minimum atomic E-state index is -0.283. The van der Waals surface area contributed by atoms with Gasteiger partial charge in [0.25, 0.3) is 5.91 Å². The van der Waals surface area contributed by atoms with Gasteiger partial charge in [0.2, 0.25) is 0 Å². The Morgan fingerprint density at radius 1 is 1.30 bits per heavy atom. The lowest BCUT2D eigenvalue weighted by atomic mass is 9.98. The lowest BCUT2D eigenvalue weighted by molar-refractivity contribution is 0.0909. The molecule has 1 aromatic rings. The molecule has 0 heterocycles. The molecule has 0 saturated heterocycles. The molecule has 20 heavy (non-hydrogen) atoms. The highest BCUT2D eigenvalue weighted by Gasteiger charge is 2.23. The quantitative estimate of drug-likeness (QED) is 0.785. The number of hydrogen-bond donors (Lipinski definition) is 2. The Morgan fingerprint density at radius 3 is 2.45 bits per heavy atom. The smallest absolute Gasteiger partial charge is 0.254 e. The number of methoxy groups -OCH3 is 2. The number of nitrogens with two attached hydrogens (primary N) is 1. The normalized spacial score (nSPS) is 11.1. The summed E-state index contributed by atoms with van der Waals surface area (Å²) in [6, 6.07) is 3.28. The molecule has 5 heteroatoms. The zero-order chi connectivity index (χ0) is 15.3. The summed E-state index contributed by atoms with van der Waals surface area (Å²) in [5, 5.41) is 2.99. The van der Waals surface area contributed by atoms with Gasteiger partial charge in [0, 0.05) is 11.6 Å². The predicted molar refractivity (Wildman–Crippen MR) is 80.4 cm³/mol. The summed E-state index contributed by atoms with van der Waals surface area (Å²) in [7, 11) is 3.04. The van der Waals surface area contributed by atoms with Crippen molar-refractivity contribution in [1.29, 1.82) is 0 Å². The third-order valence-corrected chi connectivity index (χ3v) is 3.14. The van der Waals surface area contributed by atoms with Crippen molar-refractivity contribution in [3.8, 4) is 11.5 Å². The molecule has 0 unspecified atom stereocenters. The van der Waals surface area contributed by atoms with Gasteiger partial charge in [-0.1, -0.05) is 13.3 Å². The first-order valence-electron chi connectivity index (χ1n) is 6.68. The van der Waals surface area contributed by atoms with E-state index >= 15 is 0 Å². The molecule has 5 nitrogen and oxygen atoms in total. The van der Waals surface area contributed by atoms with Crippen LogP contribution in [0.1, 0.15) is 44.0 Å². The highest BCUT2D eigenvalue weighted by molar-refractivity contribution is 6.01. The molecule has 0 bridgehead atoms. The molecule has 0 fully saturated rings. The standard InChI is InChI=1S/C15H24N2O3/c1-6-7-15(2,3)17-14(18)11-8-10(19-4)9-12(20-5)13(11)16/h8-9H,6-7,16H2,1-5H3,(H,17,18). The van der Waals surface area contributed by atoms with E-state index in [1.807, 2.05) is 13.8 Å². The highest BCUT2D eigenvalue weighted by Crippen LogP contribution is 2.31. The van der Waals surface area contributed by atoms with Crippen molar-refractivity contribution in [2.45, 2.75) is 39.2 Å². The molecule has 1 amide bonds. The number of anilines is 1. The van der Waals surface area contributed by atoms with Crippen LogP contribution in [0.3, 0.4) is 0 Å². The second-order valence-corrected chi connectivity index (χ2v) is 5.38. The van der Waals surface area contributed by atoms with Crippen LogP contribution in [0.2, 0.25) is 0 Å². The van der Waals surface area contributed by atoms with Crippen LogP contribution in [0.5, 0.6) is 11.5 Å². The van der Waals surface area contributed by atoms with E-state index in [9.17, 15) is 4.79 Å². The fraction of sp³-hybridized carbons (Fsp3) is 0.533. The van der Waals surface area contributed by atoms with E-state index in [1.54, 1.807) is 12.1 Å². The zero-order valence-corrected chi connectivity index (χ0v) is 12.9. The number of ether oxygens (including phenoxy) is 2.